The fourth-order valence-corrected chi connectivity index (χ4v) is 0.519. The number of aliphatic carboxylic acids is 1. The van der Waals surface area contributed by atoms with Crippen molar-refractivity contribution in [2.75, 3.05) is 0 Å². The number of carboxylic acids is 1. The smallest absolute Gasteiger partial charge is 0.550 e. The quantitative estimate of drug-likeness (QED) is 0.313. The number of hydrogen-bond donors (Lipinski definition) is 0. The predicted octanol–water partition coefficient (Wildman–Crippen LogP) is -3.50. The summed E-state index contributed by atoms with van der Waals surface area (Å²) in [4.78, 5) is 9.76. The Labute approximate surface area is 83.4 Å². The van der Waals surface area contributed by atoms with Crippen LogP contribution in [-0.4, -0.2) is 11.4 Å². The average Bonchev–Trinajstić information content (AvgIpc) is 1.66. The van der Waals surface area contributed by atoms with E-state index in [2.05, 4.69) is 0 Å². The number of unbranched alkanes of at least 4 members (excludes halogenated alkanes) is 2. The molecule has 56 valence electrons. The van der Waals surface area contributed by atoms with Crippen molar-refractivity contribution in [1.82, 2.24) is 0 Å². The van der Waals surface area contributed by atoms with Crippen LogP contribution in [0.5, 0.6) is 0 Å². The first-order valence-electron chi connectivity index (χ1n) is 2.97. The van der Waals surface area contributed by atoms with Crippen LogP contribution in [0.25, 0.3) is 0 Å². The summed E-state index contributed by atoms with van der Waals surface area (Å²) in [5.74, 6) is -0.932. The molecule has 0 aromatic carbocycles. The molecule has 0 atom stereocenters. The standard InChI is InChI=1S/C6H12O2.Na.H2O/c1-2-3-4-5-6(7)8;;/h2-5H2,1H3,(H,7,8);;1H2/q;+1;/p-1. The summed E-state index contributed by atoms with van der Waals surface area (Å²) in [7, 11) is 0. The van der Waals surface area contributed by atoms with Gasteiger partial charge in [-0.05, 0) is 12.8 Å². The Morgan fingerprint density at radius 2 is 1.90 bits per heavy atom. The van der Waals surface area contributed by atoms with E-state index in [0.717, 1.165) is 19.3 Å². The van der Waals surface area contributed by atoms with Gasteiger partial charge in [-0.1, -0.05) is 19.8 Å². The minimum Gasteiger partial charge on any atom is -0.550 e. The Bertz CT molecular complexity index is 75.4. The maximum absolute atomic E-state index is 9.76. The molecule has 0 spiro atoms. The second kappa shape index (κ2) is 12.1. The molecule has 0 aromatic rings. The van der Waals surface area contributed by atoms with Crippen LogP contribution in [0.15, 0.2) is 0 Å². The SMILES string of the molecule is CCCCCC(=O)[O-].O.[Na+]. The molecular weight excluding hydrogens is 143 g/mol. The molecule has 4 heteroatoms. The second-order valence-electron chi connectivity index (χ2n) is 1.83. The third-order valence-corrected chi connectivity index (χ3v) is 0.984. The summed E-state index contributed by atoms with van der Waals surface area (Å²) < 4.78 is 0. The predicted molar refractivity (Wildman–Crippen MR) is 32.8 cm³/mol. The molecule has 0 saturated heterocycles. The molecule has 0 radical (unpaired) electrons. The first kappa shape index (κ1) is 16.8. The topological polar surface area (TPSA) is 71.6 Å². The van der Waals surface area contributed by atoms with Crippen molar-refractivity contribution >= 4 is 5.97 Å². The zero-order valence-corrected chi connectivity index (χ0v) is 8.64. The summed E-state index contributed by atoms with van der Waals surface area (Å²) in [6.07, 6.45) is 3.04. The summed E-state index contributed by atoms with van der Waals surface area (Å²) >= 11 is 0. The first-order chi connectivity index (χ1) is 3.77. The Hall–Kier alpha value is 0.430. The van der Waals surface area contributed by atoms with Crippen LogP contribution in [0.2, 0.25) is 0 Å². The van der Waals surface area contributed by atoms with Crippen LogP contribution in [0.4, 0.5) is 0 Å². The van der Waals surface area contributed by atoms with Gasteiger partial charge in [0.15, 0.2) is 0 Å². The van der Waals surface area contributed by atoms with E-state index in [0.29, 0.717) is 0 Å². The van der Waals surface area contributed by atoms with E-state index in [1.54, 1.807) is 0 Å². The van der Waals surface area contributed by atoms with Gasteiger partial charge in [-0.25, -0.2) is 0 Å². The van der Waals surface area contributed by atoms with Gasteiger partial charge in [0.1, 0.15) is 0 Å². The van der Waals surface area contributed by atoms with Crippen molar-refractivity contribution in [2.24, 2.45) is 0 Å². The van der Waals surface area contributed by atoms with Gasteiger partial charge >= 0.3 is 29.6 Å². The van der Waals surface area contributed by atoms with Gasteiger partial charge in [0.25, 0.3) is 0 Å². The molecule has 0 saturated carbocycles. The van der Waals surface area contributed by atoms with E-state index in [9.17, 15) is 9.90 Å². The molecule has 0 rings (SSSR count). The Morgan fingerprint density at radius 3 is 2.20 bits per heavy atom. The van der Waals surface area contributed by atoms with E-state index in [1.165, 1.54) is 0 Å². The maximum Gasteiger partial charge on any atom is 1.00 e. The van der Waals surface area contributed by atoms with Crippen LogP contribution in [0.3, 0.4) is 0 Å². The molecule has 0 aliphatic heterocycles. The van der Waals surface area contributed by atoms with Gasteiger partial charge in [-0.3, -0.25) is 0 Å². The monoisotopic (exact) mass is 156 g/mol. The van der Waals surface area contributed by atoms with Crippen molar-refractivity contribution in [3.8, 4) is 0 Å². The molecule has 0 bridgehead atoms. The molecule has 0 fully saturated rings. The normalized spacial score (nSPS) is 7.30. The summed E-state index contributed by atoms with van der Waals surface area (Å²) in [6, 6.07) is 0. The fourth-order valence-electron chi connectivity index (χ4n) is 0.519. The molecular formula is C6H13NaO3. The first-order valence-corrected chi connectivity index (χ1v) is 2.97. The van der Waals surface area contributed by atoms with Gasteiger partial charge in [0.2, 0.25) is 0 Å². The molecule has 2 N–H and O–H groups in total. The largest absolute Gasteiger partial charge is 1.00 e. The van der Waals surface area contributed by atoms with Gasteiger partial charge < -0.3 is 15.4 Å². The average molecular weight is 156 g/mol. The van der Waals surface area contributed by atoms with Gasteiger partial charge in [0, 0.05) is 5.97 Å². The van der Waals surface area contributed by atoms with Crippen molar-refractivity contribution < 1.29 is 44.9 Å². The molecule has 0 aliphatic rings. The van der Waals surface area contributed by atoms with Gasteiger partial charge in [0.05, 0.1) is 0 Å². The van der Waals surface area contributed by atoms with Crippen LogP contribution in [0, 0.1) is 0 Å². The summed E-state index contributed by atoms with van der Waals surface area (Å²) in [5, 5.41) is 9.76. The number of carbonyl (C=O) groups is 1. The van der Waals surface area contributed by atoms with Crippen molar-refractivity contribution in [3.63, 3.8) is 0 Å². The van der Waals surface area contributed by atoms with E-state index in [1.807, 2.05) is 6.92 Å². The third-order valence-electron chi connectivity index (χ3n) is 0.984. The van der Waals surface area contributed by atoms with Crippen molar-refractivity contribution in [3.05, 3.63) is 0 Å². The van der Waals surface area contributed by atoms with Crippen LogP contribution >= 0.6 is 0 Å². The summed E-state index contributed by atoms with van der Waals surface area (Å²) in [5.41, 5.74) is 0. The van der Waals surface area contributed by atoms with E-state index in [-0.39, 0.29) is 41.5 Å². The molecule has 10 heavy (non-hydrogen) atoms. The zero-order valence-electron chi connectivity index (χ0n) is 6.64. The minimum absolute atomic E-state index is 0. The molecule has 0 unspecified atom stereocenters. The number of carbonyl (C=O) groups excluding carboxylic acids is 1. The van der Waals surface area contributed by atoms with Crippen LogP contribution < -0.4 is 34.7 Å². The van der Waals surface area contributed by atoms with Crippen molar-refractivity contribution in [2.45, 2.75) is 32.6 Å². The Kier molecular flexibility index (Phi) is 20.4. The Morgan fingerprint density at radius 1 is 1.40 bits per heavy atom. The fraction of sp³-hybridized carbons (Fsp3) is 0.833. The van der Waals surface area contributed by atoms with Crippen LogP contribution in [0.1, 0.15) is 32.6 Å². The number of hydrogen-bond acceptors (Lipinski definition) is 2. The summed E-state index contributed by atoms with van der Waals surface area (Å²) in [6.45, 7) is 2.04. The number of rotatable bonds is 4. The number of carboxylic acid groups (broad SMARTS) is 1. The minimum atomic E-state index is -0.932. The van der Waals surface area contributed by atoms with Crippen molar-refractivity contribution in [1.29, 1.82) is 0 Å². The second-order valence-corrected chi connectivity index (χ2v) is 1.83. The molecule has 0 aromatic heterocycles. The molecule has 3 nitrogen and oxygen atoms in total. The third kappa shape index (κ3) is 15.8. The molecule has 0 amide bonds. The van der Waals surface area contributed by atoms with Gasteiger partial charge in [-0.15, -0.1) is 0 Å². The van der Waals surface area contributed by atoms with E-state index < -0.39 is 5.97 Å². The Balaban J connectivity index is -0.000000245. The van der Waals surface area contributed by atoms with Crippen LogP contribution in [-0.2, 0) is 4.79 Å². The molecule has 0 aliphatic carbocycles. The zero-order chi connectivity index (χ0) is 6.41. The van der Waals surface area contributed by atoms with E-state index in [4.69, 9.17) is 0 Å². The van der Waals surface area contributed by atoms with E-state index >= 15 is 0 Å². The molecule has 0 heterocycles. The maximum atomic E-state index is 9.76. The van der Waals surface area contributed by atoms with Gasteiger partial charge in [-0.2, -0.15) is 0 Å².